The fraction of sp³-hybridized carbons (Fsp3) is 0.222. The predicted octanol–water partition coefficient (Wildman–Crippen LogP) is 3.78. The van der Waals surface area contributed by atoms with Crippen molar-refractivity contribution in [1.29, 1.82) is 10.5 Å². The van der Waals surface area contributed by atoms with Crippen molar-refractivity contribution in [1.82, 2.24) is 0 Å². The Bertz CT molecular complexity index is 687. The van der Waals surface area contributed by atoms with Gasteiger partial charge in [-0.25, -0.2) is 0 Å². The van der Waals surface area contributed by atoms with Gasteiger partial charge < -0.3 is 0 Å². The van der Waals surface area contributed by atoms with Gasteiger partial charge >= 0.3 is 0 Å². The lowest BCUT2D eigenvalue weighted by molar-refractivity contribution is 0.955. The highest BCUT2D eigenvalue weighted by Gasteiger charge is 2.03. The second-order valence-electron chi connectivity index (χ2n) is 4.77. The molecule has 2 aromatic carbocycles. The van der Waals surface area contributed by atoms with Crippen LogP contribution in [0.1, 0.15) is 34.7 Å². The van der Waals surface area contributed by atoms with Crippen LogP contribution in [0.2, 0.25) is 0 Å². The van der Waals surface area contributed by atoms with E-state index >= 15 is 0 Å². The Balaban J connectivity index is 2.11. The molecule has 2 rings (SSSR count). The molecular formula is C18H16N2. The van der Waals surface area contributed by atoms with Crippen LogP contribution < -0.4 is 0 Å². The SMILES string of the molecule is CCc1ccc(CCc2cccc(C#N)c2)cc1C#N. The summed E-state index contributed by atoms with van der Waals surface area (Å²) in [7, 11) is 0. The summed E-state index contributed by atoms with van der Waals surface area (Å²) in [5, 5.41) is 18.0. The van der Waals surface area contributed by atoms with Crippen LogP contribution in [0.5, 0.6) is 0 Å². The van der Waals surface area contributed by atoms with E-state index in [0.717, 1.165) is 36.0 Å². The maximum absolute atomic E-state index is 9.14. The van der Waals surface area contributed by atoms with Crippen molar-refractivity contribution in [2.24, 2.45) is 0 Å². The monoisotopic (exact) mass is 260 g/mol. The summed E-state index contributed by atoms with van der Waals surface area (Å²) in [6.07, 6.45) is 2.65. The van der Waals surface area contributed by atoms with E-state index in [0.29, 0.717) is 5.56 Å². The summed E-state index contributed by atoms with van der Waals surface area (Å²) >= 11 is 0. The molecule has 0 saturated carbocycles. The van der Waals surface area contributed by atoms with E-state index in [1.165, 1.54) is 5.56 Å². The third kappa shape index (κ3) is 3.25. The summed E-state index contributed by atoms with van der Waals surface area (Å²) in [6.45, 7) is 2.06. The standard InChI is InChI=1S/C18H16N2/c1-2-17-9-8-15(11-18(17)13-20)7-6-14-4-3-5-16(10-14)12-19/h3-5,8-11H,2,6-7H2,1H3. The third-order valence-corrected chi connectivity index (χ3v) is 3.43. The Morgan fingerprint density at radius 2 is 1.65 bits per heavy atom. The van der Waals surface area contributed by atoms with Crippen LogP contribution in [0.15, 0.2) is 42.5 Å². The lowest BCUT2D eigenvalue weighted by Crippen LogP contribution is -1.95. The largest absolute Gasteiger partial charge is 0.192 e. The molecule has 2 heteroatoms. The van der Waals surface area contributed by atoms with E-state index in [1.54, 1.807) is 0 Å². The molecule has 0 aliphatic rings. The van der Waals surface area contributed by atoms with Gasteiger partial charge in [0.25, 0.3) is 0 Å². The molecule has 0 aliphatic carbocycles. The average molecular weight is 260 g/mol. The van der Waals surface area contributed by atoms with Gasteiger partial charge in [-0.05, 0) is 54.2 Å². The fourth-order valence-corrected chi connectivity index (χ4v) is 2.28. The number of rotatable bonds is 4. The normalized spacial score (nSPS) is 9.75. The maximum atomic E-state index is 9.14. The Morgan fingerprint density at radius 1 is 0.900 bits per heavy atom. The van der Waals surface area contributed by atoms with Crippen LogP contribution >= 0.6 is 0 Å². The first kappa shape index (κ1) is 13.8. The molecule has 0 aliphatic heterocycles. The van der Waals surface area contributed by atoms with E-state index in [2.05, 4.69) is 25.1 Å². The zero-order valence-electron chi connectivity index (χ0n) is 11.6. The summed E-state index contributed by atoms with van der Waals surface area (Å²) in [4.78, 5) is 0. The molecule has 2 nitrogen and oxygen atoms in total. The molecule has 0 bridgehead atoms. The highest BCUT2D eigenvalue weighted by Crippen LogP contribution is 2.15. The van der Waals surface area contributed by atoms with E-state index in [9.17, 15) is 0 Å². The van der Waals surface area contributed by atoms with Crippen molar-refractivity contribution < 1.29 is 0 Å². The van der Waals surface area contributed by atoms with Crippen LogP contribution in [-0.4, -0.2) is 0 Å². The Hall–Kier alpha value is -2.58. The van der Waals surface area contributed by atoms with Gasteiger partial charge in [0.05, 0.1) is 23.3 Å². The predicted molar refractivity (Wildman–Crippen MR) is 79.1 cm³/mol. The van der Waals surface area contributed by atoms with E-state index < -0.39 is 0 Å². The Morgan fingerprint density at radius 3 is 2.30 bits per heavy atom. The van der Waals surface area contributed by atoms with E-state index in [-0.39, 0.29) is 0 Å². The van der Waals surface area contributed by atoms with Gasteiger partial charge in [0.15, 0.2) is 0 Å². The van der Waals surface area contributed by atoms with Crippen LogP contribution in [0.3, 0.4) is 0 Å². The topological polar surface area (TPSA) is 47.6 Å². The number of hydrogen-bond donors (Lipinski definition) is 0. The van der Waals surface area contributed by atoms with Crippen molar-refractivity contribution >= 4 is 0 Å². The molecular weight excluding hydrogens is 244 g/mol. The molecule has 0 aromatic heterocycles. The molecule has 0 heterocycles. The third-order valence-electron chi connectivity index (χ3n) is 3.43. The van der Waals surface area contributed by atoms with Gasteiger partial charge in [0.1, 0.15) is 0 Å². The zero-order valence-corrected chi connectivity index (χ0v) is 11.6. The van der Waals surface area contributed by atoms with Crippen molar-refractivity contribution in [3.8, 4) is 12.1 Å². The lowest BCUT2D eigenvalue weighted by Gasteiger charge is -2.06. The Labute approximate surface area is 119 Å². The molecule has 0 spiro atoms. The number of nitrogens with zero attached hydrogens (tertiary/aromatic N) is 2. The molecule has 0 amide bonds. The van der Waals surface area contributed by atoms with Gasteiger partial charge in [-0.3, -0.25) is 0 Å². The summed E-state index contributed by atoms with van der Waals surface area (Å²) < 4.78 is 0. The van der Waals surface area contributed by atoms with Crippen LogP contribution in [0.25, 0.3) is 0 Å². The number of hydrogen-bond acceptors (Lipinski definition) is 2. The van der Waals surface area contributed by atoms with Crippen LogP contribution in [0.4, 0.5) is 0 Å². The highest BCUT2D eigenvalue weighted by molar-refractivity contribution is 5.41. The summed E-state index contributed by atoms with van der Waals surface area (Å²) in [6, 6.07) is 18.2. The van der Waals surface area contributed by atoms with Gasteiger partial charge in [-0.15, -0.1) is 0 Å². The molecule has 2 aromatic rings. The van der Waals surface area contributed by atoms with Gasteiger partial charge in [-0.2, -0.15) is 10.5 Å². The van der Waals surface area contributed by atoms with Gasteiger partial charge in [0, 0.05) is 0 Å². The van der Waals surface area contributed by atoms with Crippen LogP contribution in [-0.2, 0) is 19.3 Å². The van der Waals surface area contributed by atoms with E-state index in [1.807, 2.05) is 36.4 Å². The number of aryl methyl sites for hydroxylation is 3. The first-order valence-corrected chi connectivity index (χ1v) is 6.77. The quantitative estimate of drug-likeness (QED) is 0.840. The lowest BCUT2D eigenvalue weighted by atomic mass is 9.98. The minimum Gasteiger partial charge on any atom is -0.192 e. The number of benzene rings is 2. The summed E-state index contributed by atoms with van der Waals surface area (Å²) in [5.41, 5.74) is 4.89. The molecule has 0 saturated heterocycles. The van der Waals surface area contributed by atoms with Crippen molar-refractivity contribution in [2.75, 3.05) is 0 Å². The first-order chi connectivity index (χ1) is 9.76. The second-order valence-corrected chi connectivity index (χ2v) is 4.77. The summed E-state index contributed by atoms with van der Waals surface area (Å²) in [5.74, 6) is 0. The number of nitriles is 2. The van der Waals surface area contributed by atoms with Crippen molar-refractivity contribution in [3.63, 3.8) is 0 Å². The van der Waals surface area contributed by atoms with Crippen molar-refractivity contribution in [3.05, 3.63) is 70.3 Å². The van der Waals surface area contributed by atoms with Crippen LogP contribution in [0, 0.1) is 22.7 Å². The van der Waals surface area contributed by atoms with Crippen molar-refractivity contribution in [2.45, 2.75) is 26.2 Å². The maximum Gasteiger partial charge on any atom is 0.0994 e. The minimum absolute atomic E-state index is 0.696. The molecule has 0 atom stereocenters. The molecule has 98 valence electrons. The van der Waals surface area contributed by atoms with Gasteiger partial charge in [0.2, 0.25) is 0 Å². The molecule has 0 radical (unpaired) electrons. The first-order valence-electron chi connectivity index (χ1n) is 6.77. The highest BCUT2D eigenvalue weighted by atomic mass is 14.2. The van der Waals surface area contributed by atoms with Gasteiger partial charge in [-0.1, -0.05) is 31.2 Å². The molecule has 0 unspecified atom stereocenters. The fourth-order valence-electron chi connectivity index (χ4n) is 2.28. The second kappa shape index (κ2) is 6.55. The molecule has 20 heavy (non-hydrogen) atoms. The Kier molecular flexibility index (Phi) is 4.53. The molecule has 0 N–H and O–H groups in total. The van der Waals surface area contributed by atoms with E-state index in [4.69, 9.17) is 10.5 Å². The zero-order chi connectivity index (χ0) is 14.4. The molecule has 0 fully saturated rings. The smallest absolute Gasteiger partial charge is 0.0994 e. The average Bonchev–Trinajstić information content (AvgIpc) is 2.52. The minimum atomic E-state index is 0.696.